The van der Waals surface area contributed by atoms with Crippen LogP contribution in [-0.2, 0) is 11.2 Å². The van der Waals surface area contributed by atoms with Crippen LogP contribution in [0.4, 0.5) is 0 Å². The summed E-state index contributed by atoms with van der Waals surface area (Å²) in [6, 6.07) is 14.2. The Morgan fingerprint density at radius 3 is 2.56 bits per heavy atom. The number of aryl methyl sites for hydroxylation is 1. The third kappa shape index (κ3) is 3.52. The van der Waals surface area contributed by atoms with Crippen molar-refractivity contribution >= 4 is 16.9 Å². The van der Waals surface area contributed by atoms with Crippen molar-refractivity contribution < 1.29 is 14.6 Å². The number of aliphatic carboxylic acids is 1. The highest BCUT2D eigenvalue weighted by Crippen LogP contribution is 2.18. The average molecular weight is 338 g/mol. The number of carboxylic acid groups (broad SMARTS) is 1. The highest BCUT2D eigenvalue weighted by molar-refractivity contribution is 5.78. The molecule has 0 atom stereocenters. The molecule has 0 unspecified atom stereocenters. The van der Waals surface area contributed by atoms with Gasteiger partial charge in [-0.05, 0) is 43.3 Å². The largest absolute Gasteiger partial charge is 0.494 e. The summed E-state index contributed by atoms with van der Waals surface area (Å²) in [5.74, 6) is 0.205. The molecule has 0 amide bonds. The predicted molar refractivity (Wildman–Crippen MR) is 94.5 cm³/mol. The molecule has 0 bridgehead atoms. The summed E-state index contributed by atoms with van der Waals surface area (Å²) >= 11 is 0. The van der Waals surface area contributed by atoms with E-state index in [1.807, 2.05) is 6.92 Å². The van der Waals surface area contributed by atoms with Crippen LogP contribution in [0.5, 0.6) is 5.75 Å². The van der Waals surface area contributed by atoms with E-state index in [0.717, 1.165) is 0 Å². The lowest BCUT2D eigenvalue weighted by atomic mass is 10.2. The van der Waals surface area contributed by atoms with E-state index in [9.17, 15) is 9.59 Å². The SMILES string of the molecule is CCOc1ccc(-n2c(CCC(=O)O)nc3ccccc3c2=O)cc1. The van der Waals surface area contributed by atoms with Crippen molar-refractivity contribution in [1.29, 1.82) is 0 Å². The number of rotatable bonds is 6. The van der Waals surface area contributed by atoms with Gasteiger partial charge in [-0.25, -0.2) is 4.98 Å². The minimum Gasteiger partial charge on any atom is -0.494 e. The van der Waals surface area contributed by atoms with Gasteiger partial charge in [0, 0.05) is 6.42 Å². The Hall–Kier alpha value is -3.15. The lowest BCUT2D eigenvalue weighted by molar-refractivity contribution is -0.137. The monoisotopic (exact) mass is 338 g/mol. The van der Waals surface area contributed by atoms with Crippen molar-refractivity contribution in [1.82, 2.24) is 9.55 Å². The van der Waals surface area contributed by atoms with Gasteiger partial charge in [-0.2, -0.15) is 0 Å². The van der Waals surface area contributed by atoms with Crippen LogP contribution in [0.25, 0.3) is 16.6 Å². The minimum absolute atomic E-state index is 0.0954. The second-order valence-electron chi connectivity index (χ2n) is 5.51. The molecule has 3 rings (SSSR count). The molecule has 25 heavy (non-hydrogen) atoms. The van der Waals surface area contributed by atoms with Gasteiger partial charge in [-0.15, -0.1) is 0 Å². The zero-order valence-electron chi connectivity index (χ0n) is 13.8. The van der Waals surface area contributed by atoms with Crippen molar-refractivity contribution in [3.05, 3.63) is 64.7 Å². The Morgan fingerprint density at radius 2 is 1.88 bits per heavy atom. The quantitative estimate of drug-likeness (QED) is 0.747. The maximum Gasteiger partial charge on any atom is 0.303 e. The first kappa shape index (κ1) is 16.7. The summed E-state index contributed by atoms with van der Waals surface area (Å²) in [7, 11) is 0. The molecule has 6 nitrogen and oxygen atoms in total. The fourth-order valence-electron chi connectivity index (χ4n) is 2.69. The standard InChI is InChI=1S/C19H18N2O4/c1-2-25-14-9-7-13(8-10-14)21-17(11-12-18(22)23)20-16-6-4-3-5-15(16)19(21)24/h3-10H,2,11-12H2,1H3,(H,22,23). The Kier molecular flexibility index (Phi) is 4.79. The van der Waals surface area contributed by atoms with Gasteiger partial charge in [0.2, 0.25) is 0 Å². The van der Waals surface area contributed by atoms with Crippen LogP contribution < -0.4 is 10.3 Å². The van der Waals surface area contributed by atoms with Crippen LogP contribution in [0, 0.1) is 0 Å². The van der Waals surface area contributed by atoms with Crippen molar-refractivity contribution in [3.8, 4) is 11.4 Å². The van der Waals surface area contributed by atoms with Crippen LogP contribution in [0.2, 0.25) is 0 Å². The first-order valence-electron chi connectivity index (χ1n) is 8.06. The zero-order chi connectivity index (χ0) is 17.8. The first-order valence-corrected chi connectivity index (χ1v) is 8.06. The van der Waals surface area contributed by atoms with E-state index in [0.29, 0.717) is 34.8 Å². The number of fused-ring (bicyclic) bond motifs is 1. The molecule has 0 radical (unpaired) electrons. The predicted octanol–water partition coefficient (Wildman–Crippen LogP) is 2.80. The lowest BCUT2D eigenvalue weighted by Gasteiger charge is -2.13. The summed E-state index contributed by atoms with van der Waals surface area (Å²) in [6.45, 7) is 2.45. The van der Waals surface area contributed by atoms with Gasteiger partial charge in [-0.3, -0.25) is 14.2 Å². The van der Waals surface area contributed by atoms with E-state index < -0.39 is 5.97 Å². The average Bonchev–Trinajstić information content (AvgIpc) is 2.61. The third-order valence-electron chi connectivity index (χ3n) is 3.81. The van der Waals surface area contributed by atoms with E-state index in [1.165, 1.54) is 4.57 Å². The van der Waals surface area contributed by atoms with Crippen LogP contribution in [0.1, 0.15) is 19.2 Å². The van der Waals surface area contributed by atoms with Gasteiger partial charge in [0.25, 0.3) is 5.56 Å². The molecule has 2 aromatic carbocycles. The topological polar surface area (TPSA) is 81.4 Å². The molecule has 0 spiro atoms. The minimum atomic E-state index is -0.930. The van der Waals surface area contributed by atoms with E-state index in [1.54, 1.807) is 48.5 Å². The van der Waals surface area contributed by atoms with Gasteiger partial charge in [0.1, 0.15) is 11.6 Å². The van der Waals surface area contributed by atoms with E-state index in [4.69, 9.17) is 9.84 Å². The van der Waals surface area contributed by atoms with Crippen LogP contribution >= 0.6 is 0 Å². The smallest absolute Gasteiger partial charge is 0.303 e. The fourth-order valence-corrected chi connectivity index (χ4v) is 2.69. The van der Waals surface area contributed by atoms with Crippen molar-refractivity contribution in [2.75, 3.05) is 6.61 Å². The summed E-state index contributed by atoms with van der Waals surface area (Å²) in [6.07, 6.45) is 0.0738. The van der Waals surface area contributed by atoms with Crippen molar-refractivity contribution in [2.24, 2.45) is 0 Å². The number of ether oxygens (including phenoxy) is 1. The number of aromatic nitrogens is 2. The number of nitrogens with zero attached hydrogens (tertiary/aromatic N) is 2. The molecule has 1 heterocycles. The lowest BCUT2D eigenvalue weighted by Crippen LogP contribution is -2.24. The summed E-state index contributed by atoms with van der Waals surface area (Å²) in [5, 5.41) is 9.48. The van der Waals surface area contributed by atoms with E-state index in [-0.39, 0.29) is 18.4 Å². The number of para-hydroxylation sites is 1. The molecule has 6 heteroatoms. The highest BCUT2D eigenvalue weighted by Gasteiger charge is 2.13. The van der Waals surface area contributed by atoms with Crippen LogP contribution in [0.15, 0.2) is 53.3 Å². The molecular formula is C19H18N2O4. The molecule has 1 N–H and O–H groups in total. The van der Waals surface area contributed by atoms with Crippen LogP contribution in [-0.4, -0.2) is 27.2 Å². The maximum absolute atomic E-state index is 12.9. The summed E-state index contributed by atoms with van der Waals surface area (Å²) < 4.78 is 6.90. The molecular weight excluding hydrogens is 320 g/mol. The van der Waals surface area contributed by atoms with Crippen molar-refractivity contribution in [3.63, 3.8) is 0 Å². The van der Waals surface area contributed by atoms with E-state index in [2.05, 4.69) is 4.98 Å². The summed E-state index contributed by atoms with van der Waals surface area (Å²) in [4.78, 5) is 28.4. The molecule has 1 aromatic heterocycles. The molecule has 0 aliphatic rings. The number of carbonyl (C=O) groups is 1. The number of carboxylic acids is 1. The normalized spacial score (nSPS) is 10.8. The van der Waals surface area contributed by atoms with E-state index >= 15 is 0 Å². The Balaban J connectivity index is 2.16. The Bertz CT molecular complexity index is 961. The van der Waals surface area contributed by atoms with Gasteiger partial charge >= 0.3 is 5.97 Å². The van der Waals surface area contributed by atoms with Gasteiger partial charge in [-0.1, -0.05) is 12.1 Å². The second-order valence-corrected chi connectivity index (χ2v) is 5.51. The second kappa shape index (κ2) is 7.17. The Morgan fingerprint density at radius 1 is 1.16 bits per heavy atom. The number of hydrogen-bond acceptors (Lipinski definition) is 4. The molecule has 3 aromatic rings. The van der Waals surface area contributed by atoms with Gasteiger partial charge in [0.05, 0.1) is 29.6 Å². The summed E-state index contributed by atoms with van der Waals surface area (Å²) in [5.41, 5.74) is 0.984. The zero-order valence-corrected chi connectivity index (χ0v) is 13.8. The first-order chi connectivity index (χ1) is 12.1. The van der Waals surface area contributed by atoms with Gasteiger partial charge < -0.3 is 9.84 Å². The number of benzene rings is 2. The molecule has 0 aliphatic carbocycles. The molecule has 0 fully saturated rings. The number of hydrogen-bond donors (Lipinski definition) is 1. The molecule has 0 saturated carbocycles. The molecule has 0 saturated heterocycles. The Labute approximate surface area is 144 Å². The van der Waals surface area contributed by atoms with Crippen molar-refractivity contribution in [2.45, 2.75) is 19.8 Å². The third-order valence-corrected chi connectivity index (χ3v) is 3.81. The maximum atomic E-state index is 12.9. The van der Waals surface area contributed by atoms with Crippen LogP contribution in [0.3, 0.4) is 0 Å². The highest BCUT2D eigenvalue weighted by atomic mass is 16.5. The van der Waals surface area contributed by atoms with Gasteiger partial charge in [0.15, 0.2) is 0 Å². The molecule has 128 valence electrons. The fraction of sp³-hybridized carbons (Fsp3) is 0.211. The molecule has 0 aliphatic heterocycles.